The third kappa shape index (κ3) is 2.87. The van der Waals surface area contributed by atoms with Crippen molar-refractivity contribution < 1.29 is 14.9 Å². The Morgan fingerprint density at radius 1 is 1.43 bits per heavy atom. The van der Waals surface area contributed by atoms with Gasteiger partial charge in [-0.15, -0.1) is 0 Å². The summed E-state index contributed by atoms with van der Waals surface area (Å²) < 4.78 is 0. The molecule has 1 rings (SSSR count). The predicted molar refractivity (Wildman–Crippen MR) is 55.5 cm³/mol. The molecule has 0 unspecified atom stereocenters. The largest absolute Gasteiger partial charge is 0.489 e. The van der Waals surface area contributed by atoms with Crippen LogP contribution in [0.4, 0.5) is 0 Å². The van der Waals surface area contributed by atoms with Gasteiger partial charge in [-0.3, -0.25) is 0 Å². The molecule has 0 aliphatic heterocycles. The van der Waals surface area contributed by atoms with Gasteiger partial charge in [0.1, 0.15) is 6.61 Å². The van der Waals surface area contributed by atoms with Crippen LogP contribution in [0.25, 0.3) is 0 Å². The van der Waals surface area contributed by atoms with E-state index in [1.807, 2.05) is 6.92 Å². The summed E-state index contributed by atoms with van der Waals surface area (Å²) in [6.45, 7) is 2.31. The Kier molecular flexibility index (Phi) is 4.16. The van der Waals surface area contributed by atoms with Gasteiger partial charge in [0, 0.05) is 0 Å². The van der Waals surface area contributed by atoms with Gasteiger partial charge in [-0.25, -0.2) is 0 Å². The number of nitrogens with zero attached hydrogens (tertiary/aromatic N) is 1. The van der Waals surface area contributed by atoms with Gasteiger partial charge < -0.3 is 14.9 Å². The minimum atomic E-state index is -1.49. The van der Waals surface area contributed by atoms with E-state index in [1.54, 1.807) is 24.3 Å². The van der Waals surface area contributed by atoms with Crippen LogP contribution in [-0.4, -0.2) is 30.0 Å². The summed E-state index contributed by atoms with van der Waals surface area (Å²) in [5.41, 5.74) is 1.05. The van der Waals surface area contributed by atoms with Crippen LogP contribution in [0.3, 0.4) is 0 Å². The molecule has 4 nitrogen and oxygen atoms in total. The fraction of sp³-hybridized carbons (Fsp3) is 0.222. The molecule has 0 fully saturated rings. The molecule has 0 radical (unpaired) electrons. The van der Waals surface area contributed by atoms with Crippen molar-refractivity contribution in [1.29, 1.82) is 0 Å². The summed E-state index contributed by atoms with van der Waals surface area (Å²) in [6.07, 6.45) is 1.46. The highest BCUT2D eigenvalue weighted by Crippen LogP contribution is 1.93. The smallest absolute Gasteiger partial charge is 0.423 e. The van der Waals surface area contributed by atoms with Crippen molar-refractivity contribution in [3.8, 4) is 0 Å². The van der Waals surface area contributed by atoms with E-state index in [0.717, 1.165) is 0 Å². The second kappa shape index (κ2) is 5.41. The predicted octanol–water partition coefficient (Wildman–Crippen LogP) is -0.263. The lowest BCUT2D eigenvalue weighted by molar-refractivity contribution is 0.160. The fourth-order valence-electron chi connectivity index (χ4n) is 1.03. The lowest BCUT2D eigenvalue weighted by Crippen LogP contribution is -2.32. The monoisotopic (exact) mass is 193 g/mol. The highest BCUT2D eigenvalue weighted by Gasteiger charge is 2.13. The van der Waals surface area contributed by atoms with Gasteiger partial charge in [0.2, 0.25) is 0 Å². The number of oxime groups is 1. The topological polar surface area (TPSA) is 62.0 Å². The van der Waals surface area contributed by atoms with Crippen LogP contribution in [0.1, 0.15) is 12.5 Å². The minimum absolute atomic E-state index is 0.413. The standard InChI is InChI=1S/C9H12BNO3/c1-2-14-11-7-8-5-3-4-6-9(8)10(12)13/h3-7,12-13H,2H2,1H3. The molecule has 74 valence electrons. The van der Waals surface area contributed by atoms with Crippen LogP contribution in [0.2, 0.25) is 0 Å². The maximum Gasteiger partial charge on any atom is 0.489 e. The van der Waals surface area contributed by atoms with Crippen molar-refractivity contribution in [3.05, 3.63) is 29.8 Å². The molecule has 1 aromatic rings. The first-order valence-corrected chi connectivity index (χ1v) is 4.36. The van der Waals surface area contributed by atoms with E-state index in [0.29, 0.717) is 17.6 Å². The summed E-state index contributed by atoms with van der Waals surface area (Å²) in [5, 5.41) is 21.7. The zero-order chi connectivity index (χ0) is 10.4. The first kappa shape index (κ1) is 10.8. The fourth-order valence-corrected chi connectivity index (χ4v) is 1.03. The first-order valence-electron chi connectivity index (χ1n) is 4.36. The molecule has 0 aliphatic rings. The zero-order valence-corrected chi connectivity index (χ0v) is 7.92. The van der Waals surface area contributed by atoms with Crippen LogP contribution >= 0.6 is 0 Å². The van der Waals surface area contributed by atoms with Crippen molar-refractivity contribution >= 4 is 18.8 Å². The molecule has 1 aromatic carbocycles. The van der Waals surface area contributed by atoms with Crippen LogP contribution in [0.15, 0.2) is 29.4 Å². The third-order valence-electron chi connectivity index (χ3n) is 1.67. The maximum absolute atomic E-state index is 9.01. The van der Waals surface area contributed by atoms with Gasteiger partial charge >= 0.3 is 7.12 Å². The third-order valence-corrected chi connectivity index (χ3v) is 1.67. The van der Waals surface area contributed by atoms with Crippen LogP contribution in [-0.2, 0) is 4.84 Å². The summed E-state index contributed by atoms with van der Waals surface area (Å²) in [6, 6.07) is 6.88. The Morgan fingerprint density at radius 2 is 2.14 bits per heavy atom. The Hall–Kier alpha value is -1.33. The Labute approximate surface area is 83.0 Å². The number of benzene rings is 1. The average Bonchev–Trinajstić information content (AvgIpc) is 2.19. The quantitative estimate of drug-likeness (QED) is 0.393. The van der Waals surface area contributed by atoms with Crippen molar-refractivity contribution in [3.63, 3.8) is 0 Å². The molecule has 0 aliphatic carbocycles. The molecule has 0 aromatic heterocycles. The summed E-state index contributed by atoms with van der Waals surface area (Å²) in [7, 11) is -1.49. The van der Waals surface area contributed by atoms with Gasteiger partial charge in [-0.2, -0.15) is 0 Å². The van der Waals surface area contributed by atoms with E-state index in [9.17, 15) is 0 Å². The van der Waals surface area contributed by atoms with Crippen molar-refractivity contribution in [2.45, 2.75) is 6.92 Å². The van der Waals surface area contributed by atoms with E-state index in [2.05, 4.69) is 5.16 Å². The second-order valence-electron chi connectivity index (χ2n) is 2.65. The molecule has 2 N–H and O–H groups in total. The van der Waals surface area contributed by atoms with Gasteiger partial charge in [0.15, 0.2) is 0 Å². The van der Waals surface area contributed by atoms with Crippen molar-refractivity contribution in [2.75, 3.05) is 6.61 Å². The van der Waals surface area contributed by atoms with Gasteiger partial charge in [0.05, 0.1) is 6.21 Å². The molecule has 0 spiro atoms. The lowest BCUT2D eigenvalue weighted by atomic mass is 9.77. The normalized spacial score (nSPS) is 10.5. The molecule has 0 atom stereocenters. The molecular formula is C9H12BNO3. The van der Waals surface area contributed by atoms with E-state index in [4.69, 9.17) is 14.9 Å². The van der Waals surface area contributed by atoms with Crippen molar-refractivity contribution in [1.82, 2.24) is 0 Å². The molecular weight excluding hydrogens is 181 g/mol. The van der Waals surface area contributed by atoms with E-state index in [-0.39, 0.29) is 0 Å². The Balaban J connectivity index is 2.84. The molecule has 5 heteroatoms. The van der Waals surface area contributed by atoms with Crippen molar-refractivity contribution in [2.24, 2.45) is 5.16 Å². The van der Waals surface area contributed by atoms with E-state index >= 15 is 0 Å². The Bertz CT molecular complexity index is 315. The first-order chi connectivity index (χ1) is 6.75. The van der Waals surface area contributed by atoms with E-state index < -0.39 is 7.12 Å². The highest BCUT2D eigenvalue weighted by molar-refractivity contribution is 6.60. The molecule has 0 saturated heterocycles. The summed E-state index contributed by atoms with van der Waals surface area (Å²) in [4.78, 5) is 4.78. The molecule has 0 heterocycles. The van der Waals surface area contributed by atoms with Crippen LogP contribution < -0.4 is 5.46 Å². The van der Waals surface area contributed by atoms with Crippen LogP contribution in [0.5, 0.6) is 0 Å². The van der Waals surface area contributed by atoms with Gasteiger partial charge in [-0.05, 0) is 17.9 Å². The molecule has 0 amide bonds. The number of rotatable bonds is 4. The lowest BCUT2D eigenvalue weighted by Gasteiger charge is -2.02. The minimum Gasteiger partial charge on any atom is -0.423 e. The maximum atomic E-state index is 9.01. The highest BCUT2D eigenvalue weighted by atomic mass is 16.6. The molecule has 0 bridgehead atoms. The zero-order valence-electron chi connectivity index (χ0n) is 7.92. The van der Waals surface area contributed by atoms with Gasteiger partial charge in [-0.1, -0.05) is 29.4 Å². The SMILES string of the molecule is CCON=Cc1ccccc1B(O)O. The Morgan fingerprint density at radius 3 is 2.79 bits per heavy atom. The molecule has 0 saturated carbocycles. The van der Waals surface area contributed by atoms with E-state index in [1.165, 1.54) is 6.21 Å². The second-order valence-corrected chi connectivity index (χ2v) is 2.65. The summed E-state index contributed by atoms with van der Waals surface area (Å²) >= 11 is 0. The summed E-state index contributed by atoms with van der Waals surface area (Å²) in [5.74, 6) is 0. The number of hydrogen-bond acceptors (Lipinski definition) is 4. The average molecular weight is 193 g/mol. The number of hydrogen-bond donors (Lipinski definition) is 2. The van der Waals surface area contributed by atoms with Crippen LogP contribution in [0, 0.1) is 0 Å². The van der Waals surface area contributed by atoms with Gasteiger partial charge in [0.25, 0.3) is 0 Å². The molecule has 14 heavy (non-hydrogen) atoms.